The number of ether oxygens (including phenoxy) is 2. The maximum Gasteiger partial charge on any atom is 0.339 e. The zero-order chi connectivity index (χ0) is 26.2. The van der Waals surface area contributed by atoms with Crippen LogP contribution in [0.1, 0.15) is 60.3 Å². The number of nitrogen functional groups attached to an aromatic ring is 1. The molecule has 0 aliphatic rings. The number of methoxy groups -OCH3 is 1. The molecular weight excluding hydrogens is 502 g/mol. The molecule has 1 atom stereocenters. The highest BCUT2D eigenvalue weighted by Gasteiger charge is 2.35. The number of nitrogens with two attached hydrogens (primary N) is 1. The Balaban J connectivity index is 2.47. The first-order valence-electron chi connectivity index (χ1n) is 11.8. The number of hydrogen-bond acceptors (Lipinski definition) is 4. The van der Waals surface area contributed by atoms with Crippen molar-refractivity contribution in [1.29, 1.82) is 0 Å². The number of hydrogen-bond donors (Lipinski definition) is 1. The third-order valence-corrected chi connectivity index (χ3v) is 7.36. The first-order chi connectivity index (χ1) is 16.3. The summed E-state index contributed by atoms with van der Waals surface area (Å²) in [5.41, 5.74) is 17.1. The van der Waals surface area contributed by atoms with E-state index in [1.54, 1.807) is 0 Å². The first-order valence-corrected chi connectivity index (χ1v) is 12.6. The van der Waals surface area contributed by atoms with Gasteiger partial charge in [0, 0.05) is 15.6 Å². The summed E-state index contributed by atoms with van der Waals surface area (Å²) in [6.45, 7) is 16.2. The lowest BCUT2D eigenvalue weighted by molar-refractivity contribution is -0.164. The Hall–Kier alpha value is -2.63. The largest absolute Gasteiger partial charge is 0.467 e. The molecule has 0 aromatic heterocycles. The number of esters is 1. The second-order valence-electron chi connectivity index (χ2n) is 10.2. The van der Waals surface area contributed by atoms with Crippen LogP contribution in [0.5, 0.6) is 0 Å². The fourth-order valence-electron chi connectivity index (χ4n) is 4.36. The van der Waals surface area contributed by atoms with Crippen LogP contribution in [-0.4, -0.2) is 18.7 Å². The highest BCUT2D eigenvalue weighted by atomic mass is 79.9. The lowest BCUT2D eigenvalue weighted by Gasteiger charge is -2.30. The van der Waals surface area contributed by atoms with E-state index in [0.717, 1.165) is 27.8 Å². The summed E-state index contributed by atoms with van der Waals surface area (Å²) in [4.78, 5) is 13.1. The molecule has 3 aromatic rings. The SMILES string of the molecule is COC(=O)C(OC(C)(C)C)c1c(Br)c(N)c(-c2ccc(C)c(C)c2)c(C)c1-c1ccc(C)c(C)c1. The predicted octanol–water partition coefficient (Wildman–Crippen LogP) is 7.94. The van der Waals surface area contributed by atoms with E-state index in [1.807, 2.05) is 20.8 Å². The van der Waals surface area contributed by atoms with E-state index >= 15 is 0 Å². The Bertz CT molecular complexity index is 1290. The smallest absolute Gasteiger partial charge is 0.339 e. The van der Waals surface area contributed by atoms with Gasteiger partial charge in [0.05, 0.1) is 18.4 Å². The molecule has 35 heavy (non-hydrogen) atoms. The third kappa shape index (κ3) is 5.46. The number of aryl methyl sites for hydroxylation is 4. The molecule has 3 rings (SSSR count). The van der Waals surface area contributed by atoms with E-state index in [9.17, 15) is 4.79 Å². The summed E-state index contributed by atoms with van der Waals surface area (Å²) >= 11 is 3.77. The lowest BCUT2D eigenvalue weighted by Crippen LogP contribution is -2.29. The van der Waals surface area contributed by atoms with Gasteiger partial charge in [0.15, 0.2) is 6.10 Å². The van der Waals surface area contributed by atoms with Gasteiger partial charge in [-0.15, -0.1) is 0 Å². The number of carbonyl (C=O) groups is 1. The Kier molecular flexibility index (Phi) is 7.83. The molecule has 3 aromatic carbocycles. The summed E-state index contributed by atoms with van der Waals surface area (Å²) in [5.74, 6) is -0.469. The van der Waals surface area contributed by atoms with Gasteiger partial charge in [0.1, 0.15) is 0 Å². The van der Waals surface area contributed by atoms with Crippen molar-refractivity contribution in [3.05, 3.63) is 74.3 Å². The number of anilines is 1. The molecule has 1 unspecified atom stereocenters. The Labute approximate surface area is 218 Å². The fraction of sp³-hybridized carbons (Fsp3) is 0.367. The molecule has 5 heteroatoms. The van der Waals surface area contributed by atoms with E-state index in [4.69, 9.17) is 15.2 Å². The Morgan fingerprint density at radius 2 is 1.34 bits per heavy atom. The van der Waals surface area contributed by atoms with Crippen molar-refractivity contribution < 1.29 is 14.3 Å². The average molecular weight is 539 g/mol. The van der Waals surface area contributed by atoms with Crippen LogP contribution in [0.2, 0.25) is 0 Å². The molecule has 0 spiro atoms. The van der Waals surface area contributed by atoms with Crippen LogP contribution in [0.25, 0.3) is 22.3 Å². The minimum absolute atomic E-state index is 0.469. The van der Waals surface area contributed by atoms with Gasteiger partial charge in [-0.2, -0.15) is 0 Å². The summed E-state index contributed by atoms with van der Waals surface area (Å²) in [5, 5.41) is 0. The van der Waals surface area contributed by atoms with Gasteiger partial charge in [-0.1, -0.05) is 36.4 Å². The van der Waals surface area contributed by atoms with Crippen LogP contribution in [0.3, 0.4) is 0 Å². The minimum atomic E-state index is -0.958. The molecule has 0 heterocycles. The Morgan fingerprint density at radius 3 is 1.77 bits per heavy atom. The Morgan fingerprint density at radius 1 is 0.857 bits per heavy atom. The van der Waals surface area contributed by atoms with E-state index < -0.39 is 17.7 Å². The van der Waals surface area contributed by atoms with Crippen molar-refractivity contribution in [2.24, 2.45) is 0 Å². The highest BCUT2D eigenvalue weighted by molar-refractivity contribution is 9.10. The molecule has 0 aliphatic carbocycles. The first kappa shape index (κ1) is 27.0. The normalized spacial score (nSPS) is 12.5. The molecule has 0 saturated heterocycles. The van der Waals surface area contributed by atoms with Gasteiger partial charge in [-0.05, 0) is 116 Å². The number of halogens is 1. The fourth-order valence-corrected chi connectivity index (χ4v) is 4.97. The topological polar surface area (TPSA) is 61.5 Å². The molecule has 186 valence electrons. The quantitative estimate of drug-likeness (QED) is 0.265. The van der Waals surface area contributed by atoms with Crippen molar-refractivity contribution >= 4 is 27.6 Å². The maximum absolute atomic E-state index is 13.1. The lowest BCUT2D eigenvalue weighted by atomic mass is 9.84. The average Bonchev–Trinajstić information content (AvgIpc) is 2.78. The standard InChI is InChI=1S/C30H36BrNO3/c1-16-10-12-21(14-18(16)3)23-20(5)24(22-13-11-17(2)19(4)15-22)27(32)26(31)25(23)28(29(33)34-9)35-30(6,7)8/h10-15,28H,32H2,1-9H3. The molecule has 2 N–H and O–H groups in total. The molecule has 0 amide bonds. The highest BCUT2D eigenvalue weighted by Crippen LogP contribution is 2.48. The third-order valence-electron chi connectivity index (χ3n) is 6.50. The minimum Gasteiger partial charge on any atom is -0.467 e. The van der Waals surface area contributed by atoms with Crippen LogP contribution >= 0.6 is 15.9 Å². The summed E-state index contributed by atoms with van der Waals surface area (Å²) in [7, 11) is 1.38. The summed E-state index contributed by atoms with van der Waals surface area (Å²) < 4.78 is 12.1. The molecule has 0 saturated carbocycles. The van der Waals surface area contributed by atoms with Crippen molar-refractivity contribution in [2.75, 3.05) is 12.8 Å². The summed E-state index contributed by atoms with van der Waals surface area (Å²) in [6.07, 6.45) is -0.958. The molecule has 0 bridgehead atoms. The number of carbonyl (C=O) groups excluding carboxylic acids is 1. The van der Waals surface area contributed by atoms with Crippen LogP contribution < -0.4 is 5.73 Å². The van der Waals surface area contributed by atoms with Crippen molar-refractivity contribution in [3.8, 4) is 22.3 Å². The zero-order valence-electron chi connectivity index (χ0n) is 22.2. The van der Waals surface area contributed by atoms with Gasteiger partial charge in [0.2, 0.25) is 0 Å². The van der Waals surface area contributed by atoms with E-state index in [-0.39, 0.29) is 0 Å². The maximum atomic E-state index is 13.1. The monoisotopic (exact) mass is 537 g/mol. The van der Waals surface area contributed by atoms with Crippen LogP contribution in [-0.2, 0) is 14.3 Å². The van der Waals surface area contributed by atoms with Gasteiger partial charge < -0.3 is 15.2 Å². The molecule has 0 aliphatic heterocycles. The molecular formula is C30H36BrNO3. The zero-order valence-corrected chi connectivity index (χ0v) is 23.8. The van der Waals surface area contributed by atoms with Crippen LogP contribution in [0.4, 0.5) is 5.69 Å². The molecule has 4 nitrogen and oxygen atoms in total. The summed E-state index contributed by atoms with van der Waals surface area (Å²) in [6, 6.07) is 12.7. The second kappa shape index (κ2) is 10.2. The van der Waals surface area contributed by atoms with E-state index in [1.165, 1.54) is 29.4 Å². The number of rotatable bonds is 5. The van der Waals surface area contributed by atoms with Crippen molar-refractivity contribution in [3.63, 3.8) is 0 Å². The van der Waals surface area contributed by atoms with E-state index in [2.05, 4.69) is 86.9 Å². The van der Waals surface area contributed by atoms with Crippen LogP contribution in [0, 0.1) is 34.6 Å². The van der Waals surface area contributed by atoms with Gasteiger partial charge in [-0.3, -0.25) is 0 Å². The van der Waals surface area contributed by atoms with Crippen molar-refractivity contribution in [1.82, 2.24) is 0 Å². The molecule has 0 radical (unpaired) electrons. The van der Waals surface area contributed by atoms with Gasteiger partial charge >= 0.3 is 5.97 Å². The number of benzene rings is 3. The predicted molar refractivity (Wildman–Crippen MR) is 149 cm³/mol. The molecule has 0 fully saturated rings. The van der Waals surface area contributed by atoms with Crippen LogP contribution in [0.15, 0.2) is 40.9 Å². The van der Waals surface area contributed by atoms with E-state index in [0.29, 0.717) is 15.7 Å². The van der Waals surface area contributed by atoms with Gasteiger partial charge in [0.25, 0.3) is 0 Å². The van der Waals surface area contributed by atoms with Crippen molar-refractivity contribution in [2.45, 2.75) is 67.1 Å². The second-order valence-corrected chi connectivity index (χ2v) is 11.0. The van der Waals surface area contributed by atoms with Gasteiger partial charge in [-0.25, -0.2) is 4.79 Å².